The molecule has 8 nitrogen and oxygen atoms in total. The summed E-state index contributed by atoms with van der Waals surface area (Å²) in [5, 5.41) is 0. The molecule has 0 bridgehead atoms. The molecule has 2 aromatic rings. The monoisotopic (exact) mass is 444 g/mol. The fraction of sp³-hybridized carbons (Fsp3) is 0.333. The van der Waals surface area contributed by atoms with Crippen molar-refractivity contribution < 1.29 is 30.7 Å². The Morgan fingerprint density at radius 1 is 1.07 bits per heavy atom. The van der Waals surface area contributed by atoms with Gasteiger partial charge in [0.25, 0.3) is 10.0 Å². The number of halogens is 1. The summed E-state index contributed by atoms with van der Waals surface area (Å²) < 4.78 is 78.7. The van der Waals surface area contributed by atoms with Gasteiger partial charge in [0.1, 0.15) is 11.6 Å². The van der Waals surface area contributed by atoms with E-state index in [4.69, 9.17) is 9.47 Å². The van der Waals surface area contributed by atoms with Crippen molar-refractivity contribution in [2.45, 2.75) is 16.7 Å². The number of morpholine rings is 1. The zero-order valence-corrected chi connectivity index (χ0v) is 17.3. The summed E-state index contributed by atoms with van der Waals surface area (Å²) in [5.74, 6) is -0.546. The van der Waals surface area contributed by atoms with Gasteiger partial charge in [-0.05, 0) is 43.3 Å². The van der Waals surface area contributed by atoms with Gasteiger partial charge in [-0.3, -0.25) is 4.72 Å². The highest BCUT2D eigenvalue weighted by molar-refractivity contribution is 7.92. The molecule has 0 aromatic heterocycles. The number of rotatable bonds is 7. The van der Waals surface area contributed by atoms with Crippen LogP contribution in [0.1, 0.15) is 6.92 Å². The van der Waals surface area contributed by atoms with Crippen LogP contribution in [-0.4, -0.2) is 54.1 Å². The minimum atomic E-state index is -4.16. The fourth-order valence-electron chi connectivity index (χ4n) is 2.80. The average Bonchev–Trinajstić information content (AvgIpc) is 2.70. The molecule has 0 spiro atoms. The molecule has 0 amide bonds. The van der Waals surface area contributed by atoms with Crippen molar-refractivity contribution in [1.29, 1.82) is 0 Å². The molecular formula is C18H21FN2O6S2. The molecule has 0 saturated carbocycles. The quantitative estimate of drug-likeness (QED) is 0.701. The van der Waals surface area contributed by atoms with E-state index in [0.29, 0.717) is 0 Å². The molecule has 3 rings (SSSR count). The molecule has 1 N–H and O–H groups in total. The van der Waals surface area contributed by atoms with Gasteiger partial charge in [0.15, 0.2) is 0 Å². The first-order chi connectivity index (χ1) is 13.7. The molecule has 1 fully saturated rings. The van der Waals surface area contributed by atoms with E-state index in [9.17, 15) is 21.2 Å². The third kappa shape index (κ3) is 4.86. The van der Waals surface area contributed by atoms with Crippen LogP contribution in [0.3, 0.4) is 0 Å². The Kier molecular flexibility index (Phi) is 6.42. The van der Waals surface area contributed by atoms with Crippen LogP contribution < -0.4 is 9.46 Å². The van der Waals surface area contributed by atoms with Gasteiger partial charge in [0.2, 0.25) is 10.0 Å². The molecule has 0 atom stereocenters. The normalized spacial score (nSPS) is 15.8. The highest BCUT2D eigenvalue weighted by Gasteiger charge is 2.28. The first-order valence-electron chi connectivity index (χ1n) is 8.87. The number of sulfonamides is 2. The summed E-state index contributed by atoms with van der Waals surface area (Å²) in [7, 11) is -8.00. The van der Waals surface area contributed by atoms with Gasteiger partial charge < -0.3 is 9.47 Å². The second-order valence-electron chi connectivity index (χ2n) is 6.17. The molecule has 1 aliphatic rings. The van der Waals surface area contributed by atoms with E-state index in [1.807, 2.05) is 0 Å². The minimum Gasteiger partial charge on any atom is -0.492 e. The van der Waals surface area contributed by atoms with Gasteiger partial charge in [-0.1, -0.05) is 6.07 Å². The summed E-state index contributed by atoms with van der Waals surface area (Å²) in [4.78, 5) is -0.374. The summed E-state index contributed by atoms with van der Waals surface area (Å²) >= 11 is 0. The van der Waals surface area contributed by atoms with Crippen LogP contribution in [0.5, 0.6) is 5.75 Å². The maximum Gasteiger partial charge on any atom is 0.262 e. The lowest BCUT2D eigenvalue weighted by molar-refractivity contribution is 0.0730. The first kappa shape index (κ1) is 21.5. The highest BCUT2D eigenvalue weighted by atomic mass is 32.2. The minimum absolute atomic E-state index is 0.0505. The largest absolute Gasteiger partial charge is 0.492 e. The molecule has 1 saturated heterocycles. The Labute approximate surface area is 169 Å². The number of nitrogens with zero attached hydrogens (tertiary/aromatic N) is 1. The molecule has 0 unspecified atom stereocenters. The van der Waals surface area contributed by atoms with Crippen LogP contribution >= 0.6 is 0 Å². The average molecular weight is 445 g/mol. The lowest BCUT2D eigenvalue weighted by atomic mass is 10.3. The third-order valence-corrected chi connectivity index (χ3v) is 7.47. The van der Waals surface area contributed by atoms with Crippen molar-refractivity contribution in [2.24, 2.45) is 0 Å². The van der Waals surface area contributed by atoms with Crippen LogP contribution in [0.2, 0.25) is 0 Å². The maximum absolute atomic E-state index is 13.5. The fourth-order valence-corrected chi connectivity index (χ4v) is 5.33. The van der Waals surface area contributed by atoms with Crippen molar-refractivity contribution >= 4 is 25.7 Å². The third-order valence-electron chi connectivity index (χ3n) is 4.21. The molecule has 0 radical (unpaired) electrons. The van der Waals surface area contributed by atoms with Crippen molar-refractivity contribution in [3.63, 3.8) is 0 Å². The second kappa shape index (κ2) is 8.66. The van der Waals surface area contributed by atoms with E-state index < -0.39 is 25.9 Å². The van der Waals surface area contributed by atoms with E-state index in [1.54, 1.807) is 6.92 Å². The van der Waals surface area contributed by atoms with Gasteiger partial charge in [-0.25, -0.2) is 21.2 Å². The lowest BCUT2D eigenvalue weighted by Gasteiger charge is -2.26. The van der Waals surface area contributed by atoms with E-state index in [0.717, 1.165) is 12.1 Å². The van der Waals surface area contributed by atoms with Crippen molar-refractivity contribution in [1.82, 2.24) is 4.31 Å². The maximum atomic E-state index is 13.5. The van der Waals surface area contributed by atoms with Crippen molar-refractivity contribution in [2.75, 3.05) is 37.6 Å². The van der Waals surface area contributed by atoms with Crippen molar-refractivity contribution in [3.8, 4) is 5.75 Å². The molecule has 29 heavy (non-hydrogen) atoms. The van der Waals surface area contributed by atoms with E-state index in [1.165, 1.54) is 34.6 Å². The second-order valence-corrected chi connectivity index (χ2v) is 9.79. The Morgan fingerprint density at radius 2 is 1.79 bits per heavy atom. The van der Waals surface area contributed by atoms with E-state index in [-0.39, 0.29) is 54.1 Å². The predicted molar refractivity (Wildman–Crippen MR) is 104 cm³/mol. The Bertz CT molecular complexity index is 1080. The van der Waals surface area contributed by atoms with Crippen LogP contribution in [-0.2, 0) is 24.8 Å². The molecule has 158 valence electrons. The van der Waals surface area contributed by atoms with Crippen molar-refractivity contribution in [3.05, 3.63) is 48.3 Å². The van der Waals surface area contributed by atoms with Crippen LogP contribution in [0.4, 0.5) is 10.1 Å². The number of ether oxygens (including phenoxy) is 2. The van der Waals surface area contributed by atoms with Gasteiger partial charge in [-0.15, -0.1) is 0 Å². The standard InChI is InChI=1S/C18H21FN2O6S2/c1-2-27-18-7-6-16(29(24,25)21-8-10-26-11-9-21)13-17(18)20-28(22,23)15-5-3-4-14(19)12-15/h3-7,12-13,20H,2,8-11H2,1H3. The van der Waals surface area contributed by atoms with Crippen LogP contribution in [0.15, 0.2) is 52.3 Å². The van der Waals surface area contributed by atoms with E-state index >= 15 is 0 Å². The molecule has 1 heterocycles. The smallest absolute Gasteiger partial charge is 0.262 e. The molecular weight excluding hydrogens is 423 g/mol. The summed E-state index contributed by atoms with van der Waals surface area (Å²) in [6.07, 6.45) is 0. The van der Waals surface area contributed by atoms with Gasteiger partial charge in [-0.2, -0.15) is 4.31 Å². The van der Waals surface area contributed by atoms with Crippen LogP contribution in [0, 0.1) is 5.82 Å². The number of hydrogen-bond acceptors (Lipinski definition) is 6. The summed E-state index contributed by atoms with van der Waals surface area (Å²) in [6.45, 7) is 2.94. The van der Waals surface area contributed by atoms with Gasteiger partial charge in [0, 0.05) is 13.1 Å². The first-order valence-corrected chi connectivity index (χ1v) is 11.8. The topological polar surface area (TPSA) is 102 Å². The zero-order chi connectivity index (χ0) is 21.1. The number of benzene rings is 2. The molecule has 11 heteroatoms. The number of nitrogens with one attached hydrogen (secondary N) is 1. The SMILES string of the molecule is CCOc1ccc(S(=O)(=O)N2CCOCC2)cc1NS(=O)(=O)c1cccc(F)c1. The Morgan fingerprint density at radius 3 is 2.45 bits per heavy atom. The summed E-state index contributed by atoms with van der Waals surface area (Å²) in [6, 6.07) is 8.45. The Balaban J connectivity index is 1.99. The Hall–Kier alpha value is -2.21. The predicted octanol–water partition coefficient (Wildman–Crippen LogP) is 2.05. The molecule has 0 aliphatic carbocycles. The molecule has 1 aliphatic heterocycles. The zero-order valence-electron chi connectivity index (χ0n) is 15.7. The molecule has 2 aromatic carbocycles. The number of hydrogen-bond donors (Lipinski definition) is 1. The lowest BCUT2D eigenvalue weighted by Crippen LogP contribution is -2.40. The summed E-state index contributed by atoms with van der Waals surface area (Å²) in [5.41, 5.74) is -0.0505. The number of anilines is 1. The van der Waals surface area contributed by atoms with Gasteiger partial charge in [0.05, 0.1) is 35.3 Å². The van der Waals surface area contributed by atoms with E-state index in [2.05, 4.69) is 4.72 Å². The van der Waals surface area contributed by atoms with Crippen LogP contribution in [0.25, 0.3) is 0 Å². The highest BCUT2D eigenvalue weighted by Crippen LogP contribution is 2.31. The van der Waals surface area contributed by atoms with Gasteiger partial charge >= 0.3 is 0 Å².